The van der Waals surface area contributed by atoms with Crippen LogP contribution in [-0.2, 0) is 9.53 Å². The molecule has 104 valence electrons. The van der Waals surface area contributed by atoms with E-state index in [1.807, 2.05) is 0 Å². The van der Waals surface area contributed by atoms with E-state index in [1.54, 1.807) is 25.1 Å². The van der Waals surface area contributed by atoms with Crippen LogP contribution in [0.4, 0.5) is 5.69 Å². The van der Waals surface area contributed by atoms with Crippen LogP contribution in [0.3, 0.4) is 0 Å². The van der Waals surface area contributed by atoms with Gasteiger partial charge in [-0.05, 0) is 19.4 Å². The Kier molecular flexibility index (Phi) is 6.31. The van der Waals surface area contributed by atoms with E-state index in [1.165, 1.54) is 17.8 Å². The van der Waals surface area contributed by atoms with Crippen molar-refractivity contribution in [2.45, 2.75) is 24.3 Å². The summed E-state index contributed by atoms with van der Waals surface area (Å²) in [6.45, 7) is 2.01. The molecular formula is C12H16N2O4S. The Morgan fingerprint density at radius 2 is 2.21 bits per heavy atom. The zero-order valence-corrected chi connectivity index (χ0v) is 11.4. The highest BCUT2D eigenvalue weighted by Gasteiger charge is 2.16. The Bertz CT molecular complexity index is 453. The summed E-state index contributed by atoms with van der Waals surface area (Å²) < 4.78 is 4.79. The van der Waals surface area contributed by atoms with Crippen molar-refractivity contribution in [1.82, 2.24) is 0 Å². The Morgan fingerprint density at radius 1 is 1.53 bits per heavy atom. The van der Waals surface area contributed by atoms with Crippen LogP contribution in [0.5, 0.6) is 0 Å². The maximum absolute atomic E-state index is 11.3. The van der Waals surface area contributed by atoms with Crippen LogP contribution in [-0.4, -0.2) is 29.3 Å². The number of thioether (sulfide) groups is 1. The van der Waals surface area contributed by atoms with Crippen molar-refractivity contribution in [3.63, 3.8) is 0 Å². The van der Waals surface area contributed by atoms with Crippen molar-refractivity contribution in [3.8, 4) is 0 Å². The number of hydrogen-bond acceptors (Lipinski definition) is 6. The molecule has 0 saturated heterocycles. The van der Waals surface area contributed by atoms with Gasteiger partial charge in [0.1, 0.15) is 6.04 Å². The molecule has 6 nitrogen and oxygen atoms in total. The second-order valence-corrected chi connectivity index (χ2v) is 4.86. The van der Waals surface area contributed by atoms with Gasteiger partial charge in [0.2, 0.25) is 0 Å². The number of nitro benzene ring substituents is 1. The van der Waals surface area contributed by atoms with Crippen molar-refractivity contribution in [2.24, 2.45) is 5.73 Å². The maximum atomic E-state index is 11.3. The number of carbonyl (C=O) groups excluding carboxylic acids is 1. The van der Waals surface area contributed by atoms with E-state index in [0.29, 0.717) is 23.7 Å². The Hall–Kier alpha value is -1.60. The molecule has 0 saturated carbocycles. The molecule has 0 spiro atoms. The highest BCUT2D eigenvalue weighted by atomic mass is 32.2. The number of carbonyl (C=O) groups is 1. The second-order valence-electron chi connectivity index (χ2n) is 3.72. The largest absolute Gasteiger partial charge is 0.465 e. The predicted octanol–water partition coefficient (Wildman–Crippen LogP) is 1.97. The number of nitrogens with two attached hydrogens (primary N) is 1. The van der Waals surface area contributed by atoms with Gasteiger partial charge in [-0.1, -0.05) is 12.1 Å². The summed E-state index contributed by atoms with van der Waals surface area (Å²) in [7, 11) is 0. The zero-order valence-electron chi connectivity index (χ0n) is 10.6. The molecule has 1 rings (SSSR count). The van der Waals surface area contributed by atoms with Gasteiger partial charge in [-0.25, -0.2) is 0 Å². The SMILES string of the molecule is CCOC(=O)C(N)CCSc1ccccc1[N+](=O)[O-]. The monoisotopic (exact) mass is 284 g/mol. The van der Waals surface area contributed by atoms with Gasteiger partial charge in [-0.15, -0.1) is 11.8 Å². The summed E-state index contributed by atoms with van der Waals surface area (Å²) in [6.07, 6.45) is 0.412. The first-order chi connectivity index (χ1) is 9.06. The topological polar surface area (TPSA) is 95.5 Å². The van der Waals surface area contributed by atoms with Gasteiger partial charge in [0.25, 0.3) is 5.69 Å². The number of rotatable bonds is 7. The van der Waals surface area contributed by atoms with Gasteiger partial charge in [0, 0.05) is 11.8 Å². The molecule has 2 N–H and O–H groups in total. The second kappa shape index (κ2) is 7.75. The number of ether oxygens (including phenoxy) is 1. The van der Waals surface area contributed by atoms with E-state index in [0.717, 1.165) is 0 Å². The first kappa shape index (κ1) is 15.5. The molecule has 0 aliphatic rings. The molecule has 0 heterocycles. The first-order valence-corrected chi connectivity index (χ1v) is 6.83. The van der Waals surface area contributed by atoms with Crippen LogP contribution in [0.25, 0.3) is 0 Å². The van der Waals surface area contributed by atoms with Crippen LogP contribution < -0.4 is 5.73 Å². The van der Waals surface area contributed by atoms with Crippen molar-refractivity contribution in [3.05, 3.63) is 34.4 Å². The molecule has 7 heteroatoms. The molecule has 0 aliphatic carbocycles. The molecule has 1 unspecified atom stereocenters. The minimum Gasteiger partial charge on any atom is -0.465 e. The summed E-state index contributed by atoms with van der Waals surface area (Å²) in [5.41, 5.74) is 5.71. The lowest BCUT2D eigenvalue weighted by atomic mass is 10.2. The van der Waals surface area contributed by atoms with Crippen molar-refractivity contribution < 1.29 is 14.5 Å². The van der Waals surface area contributed by atoms with Crippen LogP contribution in [0.1, 0.15) is 13.3 Å². The number of nitrogens with zero attached hydrogens (tertiary/aromatic N) is 1. The van der Waals surface area contributed by atoms with E-state index in [4.69, 9.17) is 10.5 Å². The molecule has 0 aliphatic heterocycles. The third-order valence-electron chi connectivity index (χ3n) is 2.34. The fourth-order valence-corrected chi connectivity index (χ4v) is 2.45. The van der Waals surface area contributed by atoms with Crippen molar-refractivity contribution >= 4 is 23.4 Å². The fraction of sp³-hybridized carbons (Fsp3) is 0.417. The van der Waals surface area contributed by atoms with Gasteiger partial charge >= 0.3 is 5.97 Å². The minimum absolute atomic E-state index is 0.0669. The molecule has 1 atom stereocenters. The third kappa shape index (κ3) is 4.88. The Labute approximate surface area is 115 Å². The van der Waals surface area contributed by atoms with Crippen LogP contribution >= 0.6 is 11.8 Å². The van der Waals surface area contributed by atoms with E-state index in [9.17, 15) is 14.9 Å². The molecular weight excluding hydrogens is 268 g/mol. The summed E-state index contributed by atoms with van der Waals surface area (Å²) in [4.78, 5) is 22.3. The average molecular weight is 284 g/mol. The van der Waals surface area contributed by atoms with Gasteiger partial charge in [0.05, 0.1) is 16.4 Å². The lowest BCUT2D eigenvalue weighted by Gasteiger charge is -2.09. The predicted molar refractivity (Wildman–Crippen MR) is 73.0 cm³/mol. The van der Waals surface area contributed by atoms with Gasteiger partial charge in [0.15, 0.2) is 0 Å². The van der Waals surface area contributed by atoms with Crippen LogP contribution in [0.15, 0.2) is 29.2 Å². The number of nitro groups is 1. The van der Waals surface area contributed by atoms with Gasteiger partial charge in [-0.3, -0.25) is 14.9 Å². The van der Waals surface area contributed by atoms with E-state index in [2.05, 4.69) is 0 Å². The van der Waals surface area contributed by atoms with Crippen molar-refractivity contribution in [1.29, 1.82) is 0 Å². The average Bonchev–Trinajstić information content (AvgIpc) is 2.39. The van der Waals surface area contributed by atoms with E-state index >= 15 is 0 Å². The molecule has 1 aromatic rings. The number of para-hydroxylation sites is 1. The minimum atomic E-state index is -0.685. The number of hydrogen-bond donors (Lipinski definition) is 1. The number of esters is 1. The summed E-state index contributed by atoms with van der Waals surface area (Å²) in [5.74, 6) is 0.0795. The van der Waals surface area contributed by atoms with Crippen molar-refractivity contribution in [2.75, 3.05) is 12.4 Å². The smallest absolute Gasteiger partial charge is 0.322 e. The quantitative estimate of drug-likeness (QED) is 0.356. The molecule has 0 aromatic heterocycles. The Morgan fingerprint density at radius 3 is 2.84 bits per heavy atom. The molecule has 1 aromatic carbocycles. The van der Waals surface area contributed by atoms with E-state index in [-0.39, 0.29) is 5.69 Å². The highest BCUT2D eigenvalue weighted by molar-refractivity contribution is 7.99. The fourth-order valence-electron chi connectivity index (χ4n) is 1.39. The summed E-state index contributed by atoms with van der Waals surface area (Å²) in [5, 5.41) is 10.8. The van der Waals surface area contributed by atoms with Crippen LogP contribution in [0.2, 0.25) is 0 Å². The van der Waals surface area contributed by atoms with E-state index < -0.39 is 16.9 Å². The maximum Gasteiger partial charge on any atom is 0.322 e. The van der Waals surface area contributed by atoms with Crippen LogP contribution in [0, 0.1) is 10.1 Å². The normalized spacial score (nSPS) is 11.9. The first-order valence-electron chi connectivity index (χ1n) is 5.84. The summed E-state index contributed by atoms with van der Waals surface area (Å²) in [6, 6.07) is 5.80. The number of benzene rings is 1. The third-order valence-corrected chi connectivity index (χ3v) is 3.43. The highest BCUT2D eigenvalue weighted by Crippen LogP contribution is 2.29. The lowest BCUT2D eigenvalue weighted by Crippen LogP contribution is -2.32. The van der Waals surface area contributed by atoms with Gasteiger partial charge in [-0.2, -0.15) is 0 Å². The lowest BCUT2D eigenvalue weighted by molar-refractivity contribution is -0.387. The molecule has 0 fully saturated rings. The standard InChI is InChI=1S/C12H16N2O4S/c1-2-18-12(15)9(13)7-8-19-11-6-4-3-5-10(11)14(16)17/h3-6,9H,2,7-8,13H2,1H3. The zero-order chi connectivity index (χ0) is 14.3. The molecule has 19 heavy (non-hydrogen) atoms. The molecule has 0 bridgehead atoms. The molecule has 0 amide bonds. The van der Waals surface area contributed by atoms with Gasteiger partial charge < -0.3 is 10.5 Å². The molecule has 0 radical (unpaired) electrons. The summed E-state index contributed by atoms with van der Waals surface area (Å²) >= 11 is 1.31. The Balaban J connectivity index is 2.49.